The zero-order valence-electron chi connectivity index (χ0n) is 7.78. The Morgan fingerprint density at radius 3 is 2.80 bits per heavy atom. The highest BCUT2D eigenvalue weighted by Crippen LogP contribution is 2.26. The Morgan fingerprint density at radius 2 is 2.20 bits per heavy atom. The van der Waals surface area contributed by atoms with Gasteiger partial charge in [0.1, 0.15) is 0 Å². The Hall–Kier alpha value is -0.390. The Balaban J connectivity index is 2.21. The second-order valence-corrected chi connectivity index (χ2v) is 4.99. The Bertz CT molecular complexity index is 406. The molecular weight excluding hydrogens is 326 g/mol. The predicted octanol–water partition coefficient (Wildman–Crippen LogP) is 2.70. The molecule has 1 aliphatic heterocycles. The summed E-state index contributed by atoms with van der Waals surface area (Å²) in [5.74, 6) is 0. The van der Waals surface area contributed by atoms with Crippen LogP contribution in [0.25, 0.3) is 0 Å². The standard InChI is InChI=1S/C10H9Br2NO2/c11-8-2-1-6(3-9(8)12)10-4-7(5-14)15-13-10/h1-3,7,14H,4-5H2. The number of rotatable bonds is 2. The molecule has 1 unspecified atom stereocenters. The molecule has 1 N–H and O–H groups in total. The number of aliphatic hydroxyl groups excluding tert-OH is 1. The summed E-state index contributed by atoms with van der Waals surface area (Å²) < 4.78 is 1.99. The summed E-state index contributed by atoms with van der Waals surface area (Å²) in [6.45, 7) is 0.00466. The van der Waals surface area contributed by atoms with Crippen molar-refractivity contribution in [2.75, 3.05) is 6.61 Å². The number of halogens is 2. The number of nitrogens with zero attached hydrogens (tertiary/aromatic N) is 1. The van der Waals surface area contributed by atoms with Gasteiger partial charge in [-0.25, -0.2) is 0 Å². The fourth-order valence-corrected chi connectivity index (χ4v) is 2.00. The second-order valence-electron chi connectivity index (χ2n) is 3.28. The van der Waals surface area contributed by atoms with Crippen LogP contribution in [0.4, 0.5) is 0 Å². The van der Waals surface area contributed by atoms with Gasteiger partial charge >= 0.3 is 0 Å². The van der Waals surface area contributed by atoms with E-state index in [2.05, 4.69) is 37.0 Å². The molecule has 0 spiro atoms. The van der Waals surface area contributed by atoms with Gasteiger partial charge in [-0.15, -0.1) is 0 Å². The molecular formula is C10H9Br2NO2. The van der Waals surface area contributed by atoms with Gasteiger partial charge in [-0.05, 0) is 44.0 Å². The van der Waals surface area contributed by atoms with E-state index in [4.69, 9.17) is 9.94 Å². The van der Waals surface area contributed by atoms with Crippen molar-refractivity contribution in [2.24, 2.45) is 5.16 Å². The fraction of sp³-hybridized carbons (Fsp3) is 0.300. The van der Waals surface area contributed by atoms with Gasteiger partial charge in [-0.2, -0.15) is 0 Å². The highest BCUT2D eigenvalue weighted by atomic mass is 79.9. The maximum Gasteiger partial charge on any atom is 0.156 e. The van der Waals surface area contributed by atoms with Crippen molar-refractivity contribution in [1.29, 1.82) is 0 Å². The van der Waals surface area contributed by atoms with Crippen LogP contribution in [0.3, 0.4) is 0 Å². The highest BCUT2D eigenvalue weighted by Gasteiger charge is 2.21. The summed E-state index contributed by atoms with van der Waals surface area (Å²) in [6.07, 6.45) is 0.465. The largest absolute Gasteiger partial charge is 0.392 e. The summed E-state index contributed by atoms with van der Waals surface area (Å²) >= 11 is 6.84. The molecule has 0 bridgehead atoms. The molecule has 1 heterocycles. The summed E-state index contributed by atoms with van der Waals surface area (Å²) in [6, 6.07) is 5.90. The lowest BCUT2D eigenvalue weighted by molar-refractivity contribution is 0.0390. The van der Waals surface area contributed by atoms with Gasteiger partial charge < -0.3 is 9.94 Å². The molecule has 0 fully saturated rings. The molecule has 0 radical (unpaired) electrons. The third-order valence-electron chi connectivity index (χ3n) is 2.19. The first-order valence-corrected chi connectivity index (χ1v) is 6.08. The topological polar surface area (TPSA) is 41.8 Å². The van der Waals surface area contributed by atoms with Gasteiger partial charge in [0.05, 0.1) is 12.3 Å². The SMILES string of the molecule is OCC1CC(c2ccc(Br)c(Br)c2)=NO1. The first-order valence-electron chi connectivity index (χ1n) is 4.49. The summed E-state index contributed by atoms with van der Waals surface area (Å²) in [5, 5.41) is 12.9. The van der Waals surface area contributed by atoms with Gasteiger partial charge in [0.25, 0.3) is 0 Å². The minimum absolute atomic E-state index is 0.00466. The van der Waals surface area contributed by atoms with Crippen molar-refractivity contribution in [2.45, 2.75) is 12.5 Å². The maximum atomic E-state index is 8.91. The second kappa shape index (κ2) is 4.63. The van der Waals surface area contributed by atoms with Crippen LogP contribution >= 0.6 is 31.9 Å². The molecule has 5 heteroatoms. The smallest absolute Gasteiger partial charge is 0.156 e. The van der Waals surface area contributed by atoms with Gasteiger partial charge in [-0.3, -0.25) is 0 Å². The normalized spacial score (nSPS) is 19.9. The number of benzene rings is 1. The summed E-state index contributed by atoms with van der Waals surface area (Å²) in [5.41, 5.74) is 1.89. The quantitative estimate of drug-likeness (QED) is 0.903. The van der Waals surface area contributed by atoms with E-state index < -0.39 is 0 Å². The molecule has 1 aromatic rings. The van der Waals surface area contributed by atoms with Gasteiger partial charge in [-0.1, -0.05) is 11.2 Å². The highest BCUT2D eigenvalue weighted by molar-refractivity contribution is 9.13. The van der Waals surface area contributed by atoms with Crippen LogP contribution in [0.2, 0.25) is 0 Å². The Kier molecular flexibility index (Phi) is 3.43. The molecule has 1 atom stereocenters. The van der Waals surface area contributed by atoms with Gasteiger partial charge in [0, 0.05) is 20.9 Å². The molecule has 2 rings (SSSR count). The minimum atomic E-state index is -0.192. The molecule has 1 aliphatic rings. The zero-order valence-corrected chi connectivity index (χ0v) is 11.0. The van der Waals surface area contributed by atoms with Crippen LogP contribution in [0.15, 0.2) is 32.3 Å². The predicted molar refractivity (Wildman–Crippen MR) is 65.0 cm³/mol. The molecule has 0 aliphatic carbocycles. The number of aliphatic hydroxyl groups is 1. The van der Waals surface area contributed by atoms with Crippen molar-refractivity contribution >= 4 is 37.6 Å². The first-order chi connectivity index (χ1) is 7.20. The van der Waals surface area contributed by atoms with Gasteiger partial charge in [0.15, 0.2) is 6.10 Å². The van der Waals surface area contributed by atoms with Crippen molar-refractivity contribution in [3.8, 4) is 0 Å². The fourth-order valence-electron chi connectivity index (χ4n) is 1.37. The number of hydrogen-bond acceptors (Lipinski definition) is 3. The van der Waals surface area contributed by atoms with Crippen LogP contribution in [-0.4, -0.2) is 23.5 Å². The summed E-state index contributed by atoms with van der Waals surface area (Å²) in [4.78, 5) is 5.05. The van der Waals surface area contributed by atoms with E-state index in [1.54, 1.807) is 0 Å². The molecule has 1 aromatic carbocycles. The van der Waals surface area contributed by atoms with Crippen molar-refractivity contribution < 1.29 is 9.94 Å². The van der Waals surface area contributed by atoms with E-state index >= 15 is 0 Å². The molecule has 0 amide bonds. The van der Waals surface area contributed by atoms with E-state index in [9.17, 15) is 0 Å². The van der Waals surface area contributed by atoms with Crippen LogP contribution in [0.5, 0.6) is 0 Å². The monoisotopic (exact) mass is 333 g/mol. The zero-order chi connectivity index (χ0) is 10.8. The number of hydrogen-bond donors (Lipinski definition) is 1. The van der Waals surface area contributed by atoms with Crippen LogP contribution < -0.4 is 0 Å². The van der Waals surface area contributed by atoms with E-state index in [1.165, 1.54) is 0 Å². The lowest BCUT2D eigenvalue weighted by Crippen LogP contribution is -2.12. The minimum Gasteiger partial charge on any atom is -0.392 e. The first kappa shape index (κ1) is 11.1. The van der Waals surface area contributed by atoms with Crippen molar-refractivity contribution in [3.63, 3.8) is 0 Å². The average molecular weight is 335 g/mol. The molecule has 80 valence electrons. The molecule has 0 aromatic heterocycles. The van der Waals surface area contributed by atoms with Crippen LogP contribution in [-0.2, 0) is 4.84 Å². The molecule has 0 saturated carbocycles. The molecule has 15 heavy (non-hydrogen) atoms. The van der Waals surface area contributed by atoms with E-state index in [-0.39, 0.29) is 12.7 Å². The molecule has 0 saturated heterocycles. The average Bonchev–Trinajstić information content (AvgIpc) is 2.70. The third kappa shape index (κ3) is 2.41. The van der Waals surface area contributed by atoms with E-state index in [0.29, 0.717) is 6.42 Å². The van der Waals surface area contributed by atoms with E-state index in [1.807, 2.05) is 18.2 Å². The van der Waals surface area contributed by atoms with Crippen molar-refractivity contribution in [1.82, 2.24) is 0 Å². The summed E-state index contributed by atoms with van der Waals surface area (Å²) in [7, 11) is 0. The van der Waals surface area contributed by atoms with E-state index in [0.717, 1.165) is 20.2 Å². The lowest BCUT2D eigenvalue weighted by atomic mass is 10.1. The Morgan fingerprint density at radius 1 is 1.40 bits per heavy atom. The van der Waals surface area contributed by atoms with Crippen LogP contribution in [0, 0.1) is 0 Å². The third-order valence-corrected chi connectivity index (χ3v) is 4.07. The van der Waals surface area contributed by atoms with Crippen molar-refractivity contribution in [3.05, 3.63) is 32.7 Å². The molecule has 3 nitrogen and oxygen atoms in total. The lowest BCUT2D eigenvalue weighted by Gasteiger charge is -2.03. The number of oxime groups is 1. The maximum absolute atomic E-state index is 8.91. The Labute approximate surface area is 104 Å². The van der Waals surface area contributed by atoms with Gasteiger partial charge in [0.2, 0.25) is 0 Å². The van der Waals surface area contributed by atoms with Crippen LogP contribution in [0.1, 0.15) is 12.0 Å².